The van der Waals surface area contributed by atoms with Gasteiger partial charge in [0.15, 0.2) is 12.3 Å². The molecule has 4 N–H and O–H groups in total. The largest absolute Gasteiger partial charge is 0.387 e. The minimum absolute atomic E-state index is 0.243. The van der Waals surface area contributed by atoms with Gasteiger partial charge in [-0.05, 0) is 19.9 Å². The van der Waals surface area contributed by atoms with Gasteiger partial charge in [-0.3, -0.25) is 23.8 Å². The van der Waals surface area contributed by atoms with Gasteiger partial charge in [-0.15, -0.1) is 0 Å². The molecule has 0 spiro atoms. The van der Waals surface area contributed by atoms with Crippen molar-refractivity contribution in [3.05, 3.63) is 50.6 Å². The van der Waals surface area contributed by atoms with Crippen molar-refractivity contribution < 1.29 is 19.7 Å². The molecule has 0 saturated carbocycles. The number of aliphatic hydroxyl groups is 2. The van der Waals surface area contributed by atoms with Gasteiger partial charge in [0.2, 0.25) is 0 Å². The number of aryl methyl sites for hydroxylation is 2. The van der Waals surface area contributed by atoms with Crippen molar-refractivity contribution in [3.8, 4) is 0 Å². The molecule has 1 aliphatic heterocycles. The highest BCUT2D eigenvalue weighted by molar-refractivity contribution is 5.81. The Hall–Kier alpha value is -2.76. The summed E-state index contributed by atoms with van der Waals surface area (Å²) in [6, 6.07) is 2.99. The molecule has 0 aromatic carbocycles. The highest BCUT2D eigenvalue weighted by Gasteiger charge is 2.47. The van der Waals surface area contributed by atoms with E-state index in [1.165, 1.54) is 0 Å². The molecule has 0 bridgehead atoms. The summed E-state index contributed by atoms with van der Waals surface area (Å²) in [5.41, 5.74) is 0.393. The topological polar surface area (TPSA) is 151 Å². The molecule has 2 aromatic rings. The van der Waals surface area contributed by atoms with E-state index in [1.54, 1.807) is 4.68 Å². The highest BCUT2D eigenvalue weighted by atomic mass is 16.6. The fourth-order valence-electron chi connectivity index (χ4n) is 3.02. The van der Waals surface area contributed by atoms with Gasteiger partial charge >= 0.3 is 5.69 Å². The number of hydrogen-bond donors (Lipinski definition) is 4. The van der Waals surface area contributed by atoms with Crippen molar-refractivity contribution in [2.75, 3.05) is 6.54 Å². The zero-order valence-corrected chi connectivity index (χ0v) is 14.8. The van der Waals surface area contributed by atoms with Crippen molar-refractivity contribution in [2.45, 2.75) is 44.9 Å². The van der Waals surface area contributed by atoms with Gasteiger partial charge in [-0.1, -0.05) is 0 Å². The monoisotopic (exact) mass is 379 g/mol. The summed E-state index contributed by atoms with van der Waals surface area (Å²) < 4.78 is 8.04. The summed E-state index contributed by atoms with van der Waals surface area (Å²) in [6.07, 6.45) is -4.56. The average molecular weight is 379 g/mol. The van der Waals surface area contributed by atoms with Crippen LogP contribution in [0.4, 0.5) is 0 Å². The van der Waals surface area contributed by atoms with E-state index in [-0.39, 0.29) is 6.54 Å². The molecule has 11 heteroatoms. The van der Waals surface area contributed by atoms with Crippen molar-refractivity contribution in [1.29, 1.82) is 0 Å². The molecule has 27 heavy (non-hydrogen) atoms. The van der Waals surface area contributed by atoms with Crippen molar-refractivity contribution in [3.63, 3.8) is 0 Å². The molecular weight excluding hydrogens is 358 g/mol. The van der Waals surface area contributed by atoms with Crippen LogP contribution in [-0.2, 0) is 16.1 Å². The number of carbonyl (C=O) groups is 1. The van der Waals surface area contributed by atoms with Gasteiger partial charge in [0.1, 0.15) is 12.2 Å². The van der Waals surface area contributed by atoms with Crippen LogP contribution in [-0.4, -0.2) is 60.3 Å². The normalized spacial score (nSPS) is 24.9. The Morgan fingerprint density at radius 2 is 2.07 bits per heavy atom. The van der Waals surface area contributed by atoms with E-state index in [9.17, 15) is 24.6 Å². The standard InChI is InChI=1S/C16H21N5O6/c1-8-7-9(2)21(19-8)6-4-17-14(25)13-11(23)12(24)15(27-13)20-5-3-10(22)18-16(20)26/h3,5,7,11-13,15,23-24H,4,6H2,1-2H3,(H,17,25)(H,18,22,26)/t11-,12+,13-,15+/m0/s1. The number of carbonyl (C=O) groups excluding carboxylic acids is 1. The van der Waals surface area contributed by atoms with Crippen LogP contribution < -0.4 is 16.6 Å². The second kappa shape index (κ2) is 7.47. The molecular formula is C16H21N5O6. The molecule has 0 radical (unpaired) electrons. The van der Waals surface area contributed by atoms with E-state index in [0.717, 1.165) is 28.2 Å². The van der Waals surface area contributed by atoms with Crippen molar-refractivity contribution >= 4 is 5.91 Å². The number of amides is 1. The lowest BCUT2D eigenvalue weighted by Crippen LogP contribution is -2.43. The van der Waals surface area contributed by atoms with Crippen LogP contribution in [0.15, 0.2) is 27.9 Å². The number of hydrogen-bond acceptors (Lipinski definition) is 7. The molecule has 3 heterocycles. The number of aromatic amines is 1. The van der Waals surface area contributed by atoms with Crippen LogP contribution in [0.3, 0.4) is 0 Å². The minimum Gasteiger partial charge on any atom is -0.387 e. The lowest BCUT2D eigenvalue weighted by atomic mass is 10.1. The van der Waals surface area contributed by atoms with E-state index in [4.69, 9.17) is 4.74 Å². The van der Waals surface area contributed by atoms with Gasteiger partial charge < -0.3 is 20.3 Å². The zero-order chi connectivity index (χ0) is 19.7. The van der Waals surface area contributed by atoms with Crippen molar-refractivity contribution in [1.82, 2.24) is 24.6 Å². The lowest BCUT2D eigenvalue weighted by Gasteiger charge is -2.16. The average Bonchev–Trinajstić information content (AvgIpc) is 3.07. The second-order valence-electron chi connectivity index (χ2n) is 6.39. The highest BCUT2D eigenvalue weighted by Crippen LogP contribution is 2.28. The number of aliphatic hydroxyl groups excluding tert-OH is 2. The van der Waals surface area contributed by atoms with Gasteiger partial charge in [-0.2, -0.15) is 5.10 Å². The summed E-state index contributed by atoms with van der Waals surface area (Å²) in [5, 5.41) is 27.2. The molecule has 11 nitrogen and oxygen atoms in total. The maximum Gasteiger partial charge on any atom is 0.330 e. The Kier molecular flexibility index (Phi) is 5.26. The molecule has 146 valence electrons. The fraction of sp³-hybridized carbons (Fsp3) is 0.500. The Labute approximate surface area is 153 Å². The Morgan fingerprint density at radius 1 is 1.33 bits per heavy atom. The molecule has 0 aliphatic carbocycles. The molecule has 2 aromatic heterocycles. The summed E-state index contributed by atoms with van der Waals surface area (Å²) >= 11 is 0. The first-order valence-corrected chi connectivity index (χ1v) is 8.40. The van der Waals surface area contributed by atoms with Crippen LogP contribution in [0, 0.1) is 13.8 Å². The summed E-state index contributed by atoms with van der Waals surface area (Å²) in [6.45, 7) is 4.44. The van der Waals surface area contributed by atoms with E-state index in [0.29, 0.717) is 6.54 Å². The first-order chi connectivity index (χ1) is 12.8. The second-order valence-corrected chi connectivity index (χ2v) is 6.39. The first kappa shape index (κ1) is 19.0. The lowest BCUT2D eigenvalue weighted by molar-refractivity contribution is -0.137. The smallest absolute Gasteiger partial charge is 0.330 e. The van der Waals surface area contributed by atoms with Crippen LogP contribution in [0.25, 0.3) is 0 Å². The van der Waals surface area contributed by atoms with Gasteiger partial charge in [0.05, 0.1) is 12.2 Å². The number of aromatic nitrogens is 4. The fourth-order valence-corrected chi connectivity index (χ4v) is 3.02. The van der Waals surface area contributed by atoms with Crippen LogP contribution in [0.2, 0.25) is 0 Å². The van der Waals surface area contributed by atoms with E-state index >= 15 is 0 Å². The van der Waals surface area contributed by atoms with Crippen LogP contribution >= 0.6 is 0 Å². The van der Waals surface area contributed by atoms with Crippen LogP contribution in [0.5, 0.6) is 0 Å². The Morgan fingerprint density at radius 3 is 2.70 bits per heavy atom. The summed E-state index contributed by atoms with van der Waals surface area (Å²) in [5.74, 6) is -0.622. The predicted molar refractivity (Wildman–Crippen MR) is 92.0 cm³/mol. The van der Waals surface area contributed by atoms with E-state index in [1.807, 2.05) is 24.9 Å². The summed E-state index contributed by atoms with van der Waals surface area (Å²) in [4.78, 5) is 37.3. The maximum atomic E-state index is 12.3. The third-order valence-corrected chi connectivity index (χ3v) is 4.35. The zero-order valence-electron chi connectivity index (χ0n) is 14.8. The molecule has 4 atom stereocenters. The van der Waals surface area contributed by atoms with Gasteiger partial charge in [-0.25, -0.2) is 4.79 Å². The number of ether oxygens (including phenoxy) is 1. The minimum atomic E-state index is -1.53. The number of rotatable bonds is 5. The molecule has 1 fully saturated rings. The quantitative estimate of drug-likeness (QED) is 0.459. The molecule has 3 rings (SSSR count). The Balaban J connectivity index is 1.64. The third-order valence-electron chi connectivity index (χ3n) is 4.35. The van der Waals surface area contributed by atoms with E-state index in [2.05, 4.69) is 10.4 Å². The molecule has 1 saturated heterocycles. The Bertz CT molecular complexity index is 947. The number of H-pyrrole nitrogens is 1. The molecule has 1 amide bonds. The van der Waals surface area contributed by atoms with Crippen molar-refractivity contribution in [2.24, 2.45) is 0 Å². The first-order valence-electron chi connectivity index (χ1n) is 8.40. The van der Waals surface area contributed by atoms with Gasteiger partial charge in [0, 0.05) is 24.5 Å². The number of nitrogens with zero attached hydrogens (tertiary/aromatic N) is 3. The summed E-state index contributed by atoms with van der Waals surface area (Å²) in [7, 11) is 0. The van der Waals surface area contributed by atoms with Gasteiger partial charge in [0.25, 0.3) is 11.5 Å². The number of nitrogens with one attached hydrogen (secondary N) is 2. The molecule has 0 unspecified atom stereocenters. The molecule has 1 aliphatic rings. The predicted octanol–water partition coefficient (Wildman–Crippen LogP) is -2.21. The third kappa shape index (κ3) is 3.84. The van der Waals surface area contributed by atoms with Crippen LogP contribution in [0.1, 0.15) is 17.6 Å². The SMILES string of the molecule is Cc1cc(C)n(CCNC(=O)[C@H]2O[C@@H](n3ccc(=O)[nH]c3=O)[C@H](O)[C@@H]2O)n1. The van der Waals surface area contributed by atoms with E-state index < -0.39 is 41.7 Å². The maximum absolute atomic E-state index is 12.3.